The fourth-order valence-corrected chi connectivity index (χ4v) is 2.17. The molecule has 2 rings (SSSR count). The molecule has 1 aromatic heterocycles. The molecule has 1 heterocycles. The number of aliphatic carboxylic acids is 1. The minimum Gasteiger partial charge on any atom is -0.475 e. The second kappa shape index (κ2) is 6.17. The summed E-state index contributed by atoms with van der Waals surface area (Å²) in [7, 11) is 0. The lowest BCUT2D eigenvalue weighted by Gasteiger charge is -2.17. The van der Waals surface area contributed by atoms with Gasteiger partial charge in [-0.1, -0.05) is 30.3 Å². The lowest BCUT2D eigenvalue weighted by Crippen LogP contribution is -2.20. The number of hydrogen-bond donors (Lipinski definition) is 1. The van der Waals surface area contributed by atoms with Crippen molar-refractivity contribution in [3.8, 4) is 0 Å². The zero-order valence-electron chi connectivity index (χ0n) is 11.5. The molecule has 1 aromatic carbocycles. The summed E-state index contributed by atoms with van der Waals surface area (Å²) in [5, 5.41) is 8.58. The number of nitrogens with zero attached hydrogens (tertiary/aromatic N) is 1. The molecular formula is C16H15NO4. The minimum absolute atomic E-state index is 0.0833. The average molecular weight is 285 g/mol. The Bertz CT molecular complexity index is 673. The Morgan fingerprint density at radius 1 is 1.10 bits per heavy atom. The second-order valence-corrected chi connectivity index (χ2v) is 4.72. The quantitative estimate of drug-likeness (QED) is 0.502. The first-order chi connectivity index (χ1) is 10.0. The Morgan fingerprint density at radius 2 is 1.76 bits per heavy atom. The summed E-state index contributed by atoms with van der Waals surface area (Å²) in [6, 6.07) is 12.8. The van der Waals surface area contributed by atoms with Gasteiger partial charge in [0.1, 0.15) is 0 Å². The lowest BCUT2D eigenvalue weighted by molar-refractivity contribution is -0.148. The fourth-order valence-electron chi connectivity index (χ4n) is 2.17. The SMILES string of the molecule is CC(c1ccccc1)n1cccc1C(=O)CC(=O)C(=O)O. The molecule has 21 heavy (non-hydrogen) atoms. The van der Waals surface area contributed by atoms with Crippen LogP contribution in [0.5, 0.6) is 0 Å². The third-order valence-electron chi connectivity index (χ3n) is 3.32. The van der Waals surface area contributed by atoms with Crippen LogP contribution in [0.3, 0.4) is 0 Å². The summed E-state index contributed by atoms with van der Waals surface area (Å²) < 4.78 is 1.74. The highest BCUT2D eigenvalue weighted by Gasteiger charge is 2.21. The average Bonchev–Trinajstić information content (AvgIpc) is 2.96. The van der Waals surface area contributed by atoms with Gasteiger partial charge in [-0.3, -0.25) is 9.59 Å². The van der Waals surface area contributed by atoms with Gasteiger partial charge in [-0.15, -0.1) is 0 Å². The zero-order chi connectivity index (χ0) is 15.4. The number of carboxylic acid groups (broad SMARTS) is 1. The number of rotatable bonds is 6. The number of carbonyl (C=O) groups is 3. The zero-order valence-corrected chi connectivity index (χ0v) is 11.5. The highest BCUT2D eigenvalue weighted by Crippen LogP contribution is 2.21. The van der Waals surface area contributed by atoms with Crippen LogP contribution in [0.15, 0.2) is 48.7 Å². The Balaban J connectivity index is 2.24. The summed E-state index contributed by atoms with van der Waals surface area (Å²) >= 11 is 0. The standard InChI is InChI=1S/C16H15NO4/c1-11(12-6-3-2-4-7-12)17-9-5-8-13(17)14(18)10-15(19)16(20)21/h2-9,11H,10H2,1H3,(H,20,21). The van der Waals surface area contributed by atoms with E-state index >= 15 is 0 Å². The van der Waals surface area contributed by atoms with Crippen molar-refractivity contribution in [2.75, 3.05) is 0 Å². The van der Waals surface area contributed by atoms with Crippen LogP contribution in [0.1, 0.15) is 35.4 Å². The Hall–Kier alpha value is -2.69. The van der Waals surface area contributed by atoms with Crippen LogP contribution in [-0.2, 0) is 9.59 Å². The second-order valence-electron chi connectivity index (χ2n) is 4.72. The molecule has 0 aliphatic heterocycles. The lowest BCUT2D eigenvalue weighted by atomic mass is 10.1. The molecule has 2 aromatic rings. The normalized spacial score (nSPS) is 11.9. The molecule has 1 N–H and O–H groups in total. The van der Waals surface area contributed by atoms with Crippen LogP contribution in [0.4, 0.5) is 0 Å². The van der Waals surface area contributed by atoms with Gasteiger partial charge in [0, 0.05) is 6.20 Å². The van der Waals surface area contributed by atoms with Crippen LogP contribution >= 0.6 is 0 Å². The highest BCUT2D eigenvalue weighted by atomic mass is 16.4. The molecule has 5 nitrogen and oxygen atoms in total. The molecule has 5 heteroatoms. The third kappa shape index (κ3) is 3.25. The van der Waals surface area contributed by atoms with Gasteiger partial charge in [-0.2, -0.15) is 0 Å². The minimum atomic E-state index is -1.59. The van der Waals surface area contributed by atoms with Gasteiger partial charge in [-0.05, 0) is 24.6 Å². The van der Waals surface area contributed by atoms with Crippen LogP contribution in [0.2, 0.25) is 0 Å². The van der Waals surface area contributed by atoms with Crippen molar-refractivity contribution in [2.24, 2.45) is 0 Å². The van der Waals surface area contributed by atoms with Crippen molar-refractivity contribution in [1.29, 1.82) is 0 Å². The van der Waals surface area contributed by atoms with E-state index in [4.69, 9.17) is 5.11 Å². The van der Waals surface area contributed by atoms with Crippen molar-refractivity contribution in [2.45, 2.75) is 19.4 Å². The van der Waals surface area contributed by atoms with E-state index in [0.717, 1.165) is 5.56 Å². The van der Waals surface area contributed by atoms with E-state index in [9.17, 15) is 14.4 Å². The van der Waals surface area contributed by atoms with E-state index in [-0.39, 0.29) is 6.04 Å². The van der Waals surface area contributed by atoms with Crippen molar-refractivity contribution >= 4 is 17.5 Å². The van der Waals surface area contributed by atoms with Crippen LogP contribution < -0.4 is 0 Å². The fraction of sp³-hybridized carbons (Fsp3) is 0.188. The molecule has 0 radical (unpaired) electrons. The van der Waals surface area contributed by atoms with Gasteiger partial charge in [0.25, 0.3) is 0 Å². The Kier molecular flexibility index (Phi) is 4.33. The third-order valence-corrected chi connectivity index (χ3v) is 3.32. The number of hydrogen-bond acceptors (Lipinski definition) is 3. The van der Waals surface area contributed by atoms with Gasteiger partial charge in [-0.25, -0.2) is 4.79 Å². The first kappa shape index (κ1) is 14.7. The maximum Gasteiger partial charge on any atom is 0.372 e. The number of carboxylic acids is 1. The number of benzene rings is 1. The molecule has 1 atom stereocenters. The smallest absolute Gasteiger partial charge is 0.372 e. The number of Topliss-reactive ketones (excluding diaryl/α,β-unsaturated/α-hetero) is 2. The number of ketones is 2. The molecule has 0 fully saturated rings. The molecule has 0 saturated carbocycles. The molecule has 0 saturated heterocycles. The molecule has 0 spiro atoms. The van der Waals surface area contributed by atoms with Gasteiger partial charge >= 0.3 is 5.97 Å². The van der Waals surface area contributed by atoms with E-state index in [0.29, 0.717) is 5.69 Å². The predicted molar refractivity (Wildman–Crippen MR) is 76.3 cm³/mol. The van der Waals surface area contributed by atoms with Gasteiger partial charge in [0.15, 0.2) is 5.78 Å². The first-order valence-corrected chi connectivity index (χ1v) is 6.52. The highest BCUT2D eigenvalue weighted by molar-refractivity contribution is 6.37. The topological polar surface area (TPSA) is 76.4 Å². The number of carbonyl (C=O) groups excluding carboxylic acids is 2. The van der Waals surface area contributed by atoms with Crippen molar-refractivity contribution < 1.29 is 19.5 Å². The van der Waals surface area contributed by atoms with Crippen molar-refractivity contribution in [3.05, 3.63) is 59.9 Å². The van der Waals surface area contributed by atoms with Gasteiger partial charge in [0.05, 0.1) is 18.2 Å². The molecule has 0 amide bonds. The van der Waals surface area contributed by atoms with Gasteiger partial charge < -0.3 is 9.67 Å². The molecule has 1 unspecified atom stereocenters. The van der Waals surface area contributed by atoms with Crippen LogP contribution in [-0.4, -0.2) is 27.2 Å². The van der Waals surface area contributed by atoms with E-state index in [1.807, 2.05) is 37.3 Å². The molecule has 0 bridgehead atoms. The first-order valence-electron chi connectivity index (χ1n) is 6.52. The van der Waals surface area contributed by atoms with Crippen molar-refractivity contribution in [3.63, 3.8) is 0 Å². The summed E-state index contributed by atoms with van der Waals surface area (Å²) in [5.74, 6) is -3.17. The van der Waals surface area contributed by atoms with Crippen LogP contribution in [0, 0.1) is 0 Å². The summed E-state index contributed by atoms with van der Waals surface area (Å²) in [4.78, 5) is 33.8. The van der Waals surface area contributed by atoms with E-state index in [1.54, 1.807) is 22.9 Å². The molecule has 0 aliphatic rings. The number of aromatic nitrogens is 1. The Morgan fingerprint density at radius 3 is 2.38 bits per heavy atom. The molecular weight excluding hydrogens is 270 g/mol. The summed E-state index contributed by atoms with van der Waals surface area (Å²) in [6.07, 6.45) is 1.12. The van der Waals surface area contributed by atoms with Crippen molar-refractivity contribution in [1.82, 2.24) is 4.57 Å². The predicted octanol–water partition coefficient (Wildman–Crippen LogP) is 2.32. The van der Waals surface area contributed by atoms with Crippen LogP contribution in [0.25, 0.3) is 0 Å². The van der Waals surface area contributed by atoms with E-state index in [2.05, 4.69) is 0 Å². The summed E-state index contributed by atoms with van der Waals surface area (Å²) in [6.45, 7) is 1.94. The Labute approximate surface area is 121 Å². The monoisotopic (exact) mass is 285 g/mol. The summed E-state index contributed by atoms with van der Waals surface area (Å²) in [5.41, 5.74) is 1.35. The maximum atomic E-state index is 12.1. The van der Waals surface area contributed by atoms with E-state index < -0.39 is 24.0 Å². The largest absolute Gasteiger partial charge is 0.475 e. The molecule has 0 aliphatic carbocycles. The van der Waals surface area contributed by atoms with E-state index in [1.165, 1.54) is 0 Å². The maximum absolute atomic E-state index is 12.1. The van der Waals surface area contributed by atoms with Gasteiger partial charge in [0.2, 0.25) is 5.78 Å². The molecule has 108 valence electrons.